The van der Waals surface area contributed by atoms with Crippen molar-refractivity contribution in [2.45, 2.75) is 91.6 Å². The Labute approximate surface area is 351 Å². The van der Waals surface area contributed by atoms with Crippen LogP contribution < -0.4 is 20.9 Å². The minimum Gasteiger partial charge on any atom is -0.476 e. The second-order valence-electron chi connectivity index (χ2n) is 19.1. The molecule has 0 spiro atoms. The largest absolute Gasteiger partial charge is 0.476 e. The molecular formula is C45H58N10O3S. The Bertz CT molecular complexity index is 2320. The number of hydrogen-bond donors (Lipinski definition) is 5. The average molecular weight is 819 g/mol. The zero-order chi connectivity index (χ0) is 41.2. The number of nitrogens with zero attached hydrogens (tertiary/aromatic N) is 6. The van der Waals surface area contributed by atoms with Gasteiger partial charge < -0.3 is 36.1 Å². The number of pyridine rings is 1. The quantitative estimate of drug-likeness (QED) is 0.0840. The Morgan fingerprint density at radius 1 is 1.02 bits per heavy atom. The monoisotopic (exact) mass is 818 g/mol. The Balaban J connectivity index is 0.939. The number of aromatic carboxylic acids is 1. The van der Waals surface area contributed by atoms with Crippen LogP contribution >= 0.6 is 11.3 Å². The van der Waals surface area contributed by atoms with Gasteiger partial charge in [0.25, 0.3) is 0 Å². The van der Waals surface area contributed by atoms with E-state index in [9.17, 15) is 9.90 Å². The summed E-state index contributed by atoms with van der Waals surface area (Å²) in [6, 6.07) is 9.90. The Hall–Kier alpha value is -4.50. The van der Waals surface area contributed by atoms with Gasteiger partial charge in [-0.15, -0.1) is 10.2 Å². The number of thiazole rings is 1. The van der Waals surface area contributed by atoms with Gasteiger partial charge in [-0.25, -0.2) is 14.8 Å². The summed E-state index contributed by atoms with van der Waals surface area (Å²) in [6.07, 6.45) is 9.73. The maximum absolute atomic E-state index is 12.9. The van der Waals surface area contributed by atoms with Crippen molar-refractivity contribution in [1.29, 1.82) is 5.41 Å². The summed E-state index contributed by atoms with van der Waals surface area (Å²) in [5.41, 5.74) is 6.18. The molecule has 14 heteroatoms. The van der Waals surface area contributed by atoms with Gasteiger partial charge in [0.1, 0.15) is 5.82 Å². The maximum Gasteiger partial charge on any atom is 0.355 e. The Morgan fingerprint density at radius 2 is 1.80 bits per heavy atom. The van der Waals surface area contributed by atoms with Crippen LogP contribution in [0.2, 0.25) is 0 Å². The SMILES string of the molecule is C/C(NCC12CC3(C)CC(C)(C1)CC(OCCN1CCNCC1)(C3)C2)=C(/C=N)c1ccc(N2CCCc3c2nnc(Nc2nc4cc(C)ccc4s2)c3C)nc1C(=O)O. The number of aryl methyl sites for hydroxylation is 1. The van der Waals surface area contributed by atoms with Gasteiger partial charge in [0.2, 0.25) is 0 Å². The van der Waals surface area contributed by atoms with Gasteiger partial charge in [-0.2, -0.15) is 0 Å². The van der Waals surface area contributed by atoms with E-state index in [2.05, 4.69) is 70.0 Å². The zero-order valence-electron chi connectivity index (χ0n) is 35.1. The molecule has 6 aliphatic rings. The molecule has 5 N–H and O–H groups in total. The second-order valence-corrected chi connectivity index (χ2v) is 20.1. The van der Waals surface area contributed by atoms with E-state index in [0.717, 1.165) is 129 Å². The highest BCUT2D eigenvalue weighted by Crippen LogP contribution is 2.71. The van der Waals surface area contributed by atoms with Crippen LogP contribution in [0.5, 0.6) is 0 Å². The highest BCUT2D eigenvalue weighted by atomic mass is 32.1. The highest BCUT2D eigenvalue weighted by molar-refractivity contribution is 7.22. The standard InChI is InChI=1S/C45H58N10O3S/c1-28-8-10-35-34(19-28)49-41(59-35)51-38-29(2)31-7-6-14-55(39(31)53-52-38)36-11-9-32(37(50-36)40(56)57)33(20-46)30(3)48-27-44-22-42(4)21-43(5,23-44)25-45(24-42,26-44)58-18-17-54-15-12-47-13-16-54/h8-11,19-20,46-48H,6-7,12-18,21-27H2,1-5H3,(H,56,57)(H,49,51,52)/b33-30+,46-20?. The molecule has 13 nitrogen and oxygen atoms in total. The summed E-state index contributed by atoms with van der Waals surface area (Å²) in [4.78, 5) is 26.9. The number of fused-ring (bicyclic) bond motifs is 2. The smallest absolute Gasteiger partial charge is 0.355 e. The van der Waals surface area contributed by atoms with Crippen molar-refractivity contribution in [3.8, 4) is 0 Å². The number of nitrogens with one attached hydrogen (secondary N) is 4. The van der Waals surface area contributed by atoms with E-state index in [0.29, 0.717) is 35.1 Å². The van der Waals surface area contributed by atoms with Crippen molar-refractivity contribution in [2.24, 2.45) is 16.2 Å². The molecule has 4 saturated carbocycles. The average Bonchev–Trinajstić information content (AvgIpc) is 3.59. The molecule has 2 unspecified atom stereocenters. The minimum atomic E-state index is -1.14. The van der Waals surface area contributed by atoms with Crippen molar-refractivity contribution in [3.05, 3.63) is 64.0 Å². The van der Waals surface area contributed by atoms with Crippen LogP contribution in [0.25, 0.3) is 15.8 Å². The molecule has 10 rings (SSSR count). The molecule has 4 aliphatic carbocycles. The number of ether oxygens (including phenoxy) is 1. The number of piperazine rings is 1. The number of anilines is 4. The first-order valence-corrected chi connectivity index (χ1v) is 22.1. The fraction of sp³-hybridized carbons (Fsp3) is 0.556. The normalized spacial score (nSPS) is 28.1. The molecule has 3 aromatic heterocycles. The van der Waals surface area contributed by atoms with Gasteiger partial charge in [0, 0.05) is 80.0 Å². The van der Waals surface area contributed by atoms with E-state index in [4.69, 9.17) is 20.1 Å². The first kappa shape index (κ1) is 39.9. The number of allylic oxidation sites excluding steroid dienone is 2. The summed E-state index contributed by atoms with van der Waals surface area (Å²) in [7, 11) is 0. The fourth-order valence-electron chi connectivity index (χ4n) is 12.4. The van der Waals surface area contributed by atoms with E-state index in [1.807, 2.05) is 24.8 Å². The van der Waals surface area contributed by atoms with E-state index < -0.39 is 5.97 Å². The van der Waals surface area contributed by atoms with Crippen molar-refractivity contribution in [1.82, 2.24) is 35.7 Å². The van der Waals surface area contributed by atoms with Crippen LogP contribution in [0.4, 0.5) is 22.6 Å². The van der Waals surface area contributed by atoms with Crippen molar-refractivity contribution >= 4 is 61.9 Å². The summed E-state index contributed by atoms with van der Waals surface area (Å²) < 4.78 is 8.09. The second kappa shape index (κ2) is 15.2. The van der Waals surface area contributed by atoms with Crippen LogP contribution in [0, 0.1) is 35.5 Å². The number of rotatable bonds is 13. The molecule has 2 aliphatic heterocycles. The first-order valence-electron chi connectivity index (χ1n) is 21.3. The fourth-order valence-corrected chi connectivity index (χ4v) is 13.2. The molecule has 1 saturated heterocycles. The van der Waals surface area contributed by atoms with Gasteiger partial charge in [0.15, 0.2) is 22.5 Å². The Kier molecular flexibility index (Phi) is 10.3. The van der Waals surface area contributed by atoms with E-state index >= 15 is 0 Å². The van der Waals surface area contributed by atoms with Crippen molar-refractivity contribution in [2.75, 3.05) is 62.6 Å². The van der Waals surface area contributed by atoms with Crippen molar-refractivity contribution in [3.63, 3.8) is 0 Å². The number of benzene rings is 1. The van der Waals surface area contributed by atoms with Crippen molar-refractivity contribution < 1.29 is 14.6 Å². The summed E-state index contributed by atoms with van der Waals surface area (Å²) >= 11 is 1.58. The van der Waals surface area contributed by atoms with Gasteiger partial charge in [-0.05, 0) is 118 Å². The number of carboxylic acid groups (broad SMARTS) is 1. The summed E-state index contributed by atoms with van der Waals surface area (Å²) in [5.74, 6) is 0.695. The van der Waals surface area contributed by atoms with E-state index in [-0.39, 0.29) is 27.5 Å². The maximum atomic E-state index is 12.9. The molecule has 4 aromatic rings. The number of aromatic nitrogens is 4. The van der Waals surface area contributed by atoms with Crippen LogP contribution in [-0.4, -0.2) is 100 Å². The van der Waals surface area contributed by atoms with Gasteiger partial charge in [-0.1, -0.05) is 31.3 Å². The molecule has 59 heavy (non-hydrogen) atoms. The Morgan fingerprint density at radius 3 is 2.54 bits per heavy atom. The van der Waals surface area contributed by atoms with Crippen LogP contribution in [0.15, 0.2) is 36.0 Å². The zero-order valence-corrected chi connectivity index (χ0v) is 35.9. The molecular weight excluding hydrogens is 761 g/mol. The number of carbonyl (C=O) groups is 1. The van der Waals surface area contributed by atoms with Gasteiger partial charge >= 0.3 is 5.97 Å². The lowest BCUT2D eigenvalue weighted by Crippen LogP contribution is -2.65. The summed E-state index contributed by atoms with van der Waals surface area (Å²) in [6.45, 7) is 18.4. The third-order valence-corrected chi connectivity index (χ3v) is 14.7. The molecule has 2 atom stereocenters. The van der Waals surface area contributed by atoms with Crippen LogP contribution in [0.3, 0.4) is 0 Å². The predicted molar refractivity (Wildman–Crippen MR) is 235 cm³/mol. The lowest BCUT2D eigenvalue weighted by atomic mass is 9.39. The summed E-state index contributed by atoms with van der Waals surface area (Å²) in [5, 5.41) is 39.7. The van der Waals surface area contributed by atoms with Gasteiger partial charge in [0.05, 0.1) is 22.4 Å². The molecule has 5 fully saturated rings. The third-order valence-electron chi connectivity index (χ3n) is 13.8. The topological polar surface area (TPSA) is 165 Å². The predicted octanol–water partition coefficient (Wildman–Crippen LogP) is 7.64. The van der Waals surface area contributed by atoms with Crippen LogP contribution in [0.1, 0.15) is 98.5 Å². The lowest BCUT2D eigenvalue weighted by Gasteiger charge is -2.69. The third kappa shape index (κ3) is 7.73. The molecule has 1 aromatic carbocycles. The molecule has 0 amide bonds. The van der Waals surface area contributed by atoms with Gasteiger partial charge in [-0.3, -0.25) is 4.90 Å². The molecule has 312 valence electrons. The first-order chi connectivity index (χ1) is 28.3. The molecule has 4 bridgehead atoms. The molecule has 0 radical (unpaired) electrons. The van der Waals surface area contributed by atoms with E-state index in [1.165, 1.54) is 12.6 Å². The highest BCUT2D eigenvalue weighted by Gasteiger charge is 2.66. The minimum absolute atomic E-state index is 0.0587. The number of hydrogen-bond acceptors (Lipinski definition) is 13. The van der Waals surface area contributed by atoms with E-state index in [1.54, 1.807) is 17.4 Å². The number of carboxylic acids is 1. The lowest BCUT2D eigenvalue weighted by molar-refractivity contribution is -0.244. The molecule has 5 heterocycles. The van der Waals surface area contributed by atoms with Crippen LogP contribution in [-0.2, 0) is 11.2 Å².